The highest BCUT2D eigenvalue weighted by Crippen LogP contribution is 2.06. The third-order valence-electron chi connectivity index (χ3n) is 3.46. The molecule has 2 aromatic rings. The second-order valence-corrected chi connectivity index (χ2v) is 6.08. The van der Waals surface area contributed by atoms with Gasteiger partial charge in [0, 0.05) is 38.1 Å². The molecule has 132 valence electrons. The van der Waals surface area contributed by atoms with Crippen molar-refractivity contribution in [2.45, 2.75) is 26.8 Å². The summed E-state index contributed by atoms with van der Waals surface area (Å²) in [6.07, 6.45) is 6.36. The van der Waals surface area contributed by atoms with Crippen molar-refractivity contribution in [1.82, 2.24) is 25.2 Å². The van der Waals surface area contributed by atoms with Gasteiger partial charge in [0.15, 0.2) is 0 Å². The summed E-state index contributed by atoms with van der Waals surface area (Å²) in [5.41, 5.74) is 1.09. The second kappa shape index (κ2) is 9.46. The first-order chi connectivity index (χ1) is 12.1. The highest BCUT2D eigenvalue weighted by atomic mass is 16.2. The Morgan fingerprint density at radius 2 is 2.00 bits per heavy atom. The number of nitrogens with one attached hydrogen (secondary N) is 1. The number of rotatable bonds is 8. The molecule has 0 unspecified atom stereocenters. The zero-order chi connectivity index (χ0) is 18.1. The van der Waals surface area contributed by atoms with Crippen molar-refractivity contribution in [3.05, 3.63) is 54.4 Å². The third kappa shape index (κ3) is 6.29. The molecule has 0 aliphatic heterocycles. The van der Waals surface area contributed by atoms with Crippen LogP contribution in [0.4, 0.5) is 0 Å². The van der Waals surface area contributed by atoms with Crippen LogP contribution in [0.1, 0.15) is 36.5 Å². The van der Waals surface area contributed by atoms with Crippen LogP contribution in [-0.2, 0) is 11.3 Å². The molecule has 0 aliphatic carbocycles. The van der Waals surface area contributed by atoms with Crippen LogP contribution in [0, 0.1) is 5.92 Å². The van der Waals surface area contributed by atoms with Crippen molar-refractivity contribution in [2.24, 2.45) is 5.92 Å². The van der Waals surface area contributed by atoms with Gasteiger partial charge >= 0.3 is 0 Å². The van der Waals surface area contributed by atoms with Crippen LogP contribution in [0.15, 0.2) is 43.0 Å². The number of nitrogens with zero attached hydrogens (tertiary/aromatic N) is 4. The molecule has 0 radical (unpaired) electrons. The molecule has 1 N–H and O–H groups in total. The van der Waals surface area contributed by atoms with Crippen LogP contribution in [0.2, 0.25) is 0 Å². The summed E-state index contributed by atoms with van der Waals surface area (Å²) in [4.78, 5) is 38.4. The molecule has 0 fully saturated rings. The van der Waals surface area contributed by atoms with Crippen LogP contribution in [0.3, 0.4) is 0 Å². The molecule has 0 saturated heterocycles. The van der Waals surface area contributed by atoms with Crippen molar-refractivity contribution in [3.63, 3.8) is 0 Å². The summed E-state index contributed by atoms with van der Waals surface area (Å²) in [7, 11) is 0. The Morgan fingerprint density at radius 3 is 2.64 bits per heavy atom. The standard InChI is InChI=1S/C18H23N5O2/c1-14(2)13-23(18(25)16-12-19-8-9-21-16)10-6-17(24)22-11-15-5-3-4-7-20-15/h3-5,7-9,12,14H,6,10-11,13H2,1-2H3,(H,22,24). The van der Waals surface area contributed by atoms with E-state index < -0.39 is 0 Å². The fourth-order valence-corrected chi connectivity index (χ4v) is 2.30. The molecule has 0 atom stereocenters. The van der Waals surface area contributed by atoms with Gasteiger partial charge < -0.3 is 10.2 Å². The predicted octanol–water partition coefficient (Wildman–Crippen LogP) is 1.68. The fourth-order valence-electron chi connectivity index (χ4n) is 2.30. The molecule has 2 amide bonds. The Hall–Kier alpha value is -2.83. The van der Waals surface area contributed by atoms with Crippen molar-refractivity contribution >= 4 is 11.8 Å². The van der Waals surface area contributed by atoms with E-state index in [1.54, 1.807) is 11.1 Å². The van der Waals surface area contributed by atoms with E-state index in [1.165, 1.54) is 18.6 Å². The molecular weight excluding hydrogens is 318 g/mol. The quantitative estimate of drug-likeness (QED) is 0.789. The van der Waals surface area contributed by atoms with Gasteiger partial charge in [-0.2, -0.15) is 0 Å². The molecule has 0 saturated carbocycles. The van der Waals surface area contributed by atoms with E-state index in [2.05, 4.69) is 20.3 Å². The van der Waals surface area contributed by atoms with Gasteiger partial charge in [0.1, 0.15) is 5.69 Å². The first-order valence-electron chi connectivity index (χ1n) is 8.28. The van der Waals surface area contributed by atoms with Gasteiger partial charge in [0.25, 0.3) is 5.91 Å². The highest BCUT2D eigenvalue weighted by Gasteiger charge is 2.19. The molecule has 0 aromatic carbocycles. The Bertz CT molecular complexity index is 676. The largest absolute Gasteiger partial charge is 0.350 e. The van der Waals surface area contributed by atoms with Crippen LogP contribution < -0.4 is 5.32 Å². The number of aromatic nitrogens is 3. The molecule has 0 spiro atoms. The van der Waals surface area contributed by atoms with Gasteiger partial charge in [-0.3, -0.25) is 19.6 Å². The summed E-state index contributed by atoms with van der Waals surface area (Å²) in [5.74, 6) is -0.0390. The third-order valence-corrected chi connectivity index (χ3v) is 3.46. The maximum absolute atomic E-state index is 12.6. The zero-order valence-corrected chi connectivity index (χ0v) is 14.6. The number of carbonyl (C=O) groups excluding carboxylic acids is 2. The van der Waals surface area contributed by atoms with Gasteiger partial charge in [-0.1, -0.05) is 19.9 Å². The molecule has 7 heteroatoms. The Morgan fingerprint density at radius 1 is 1.16 bits per heavy atom. The van der Waals surface area contributed by atoms with Gasteiger partial charge in [0.2, 0.25) is 5.91 Å². The van der Waals surface area contributed by atoms with Gasteiger partial charge in [-0.15, -0.1) is 0 Å². The van der Waals surface area contributed by atoms with E-state index in [4.69, 9.17) is 0 Å². The lowest BCUT2D eigenvalue weighted by Gasteiger charge is -2.24. The minimum absolute atomic E-state index is 0.119. The molecule has 2 heterocycles. The molecule has 2 rings (SSSR count). The van der Waals surface area contributed by atoms with Crippen LogP contribution in [-0.4, -0.2) is 44.8 Å². The van der Waals surface area contributed by atoms with Crippen LogP contribution >= 0.6 is 0 Å². The lowest BCUT2D eigenvalue weighted by molar-refractivity contribution is -0.121. The monoisotopic (exact) mass is 341 g/mol. The fraction of sp³-hybridized carbons (Fsp3) is 0.389. The Balaban J connectivity index is 1.88. The second-order valence-electron chi connectivity index (χ2n) is 6.08. The van der Waals surface area contributed by atoms with E-state index in [9.17, 15) is 9.59 Å². The number of carbonyl (C=O) groups is 2. The van der Waals surface area contributed by atoms with Crippen LogP contribution in [0.5, 0.6) is 0 Å². The maximum Gasteiger partial charge on any atom is 0.274 e. The van der Waals surface area contributed by atoms with Gasteiger partial charge in [0.05, 0.1) is 18.4 Å². The average Bonchev–Trinajstić information content (AvgIpc) is 2.64. The summed E-state index contributed by atoms with van der Waals surface area (Å²) >= 11 is 0. The van der Waals surface area contributed by atoms with Crippen molar-refractivity contribution in [3.8, 4) is 0 Å². The van der Waals surface area contributed by atoms with E-state index in [-0.39, 0.29) is 29.8 Å². The van der Waals surface area contributed by atoms with E-state index in [0.717, 1.165) is 5.69 Å². The number of pyridine rings is 1. The molecule has 0 aliphatic rings. The minimum atomic E-state index is -0.209. The van der Waals surface area contributed by atoms with E-state index in [0.29, 0.717) is 19.6 Å². The van der Waals surface area contributed by atoms with Crippen molar-refractivity contribution in [1.29, 1.82) is 0 Å². The lowest BCUT2D eigenvalue weighted by atomic mass is 10.2. The summed E-state index contributed by atoms with van der Waals surface area (Å²) in [5, 5.41) is 2.82. The molecule has 7 nitrogen and oxygen atoms in total. The summed E-state index contributed by atoms with van der Waals surface area (Å²) in [6.45, 7) is 5.32. The Labute approximate surface area is 147 Å². The molecule has 25 heavy (non-hydrogen) atoms. The first kappa shape index (κ1) is 18.5. The summed E-state index contributed by atoms with van der Waals surface area (Å²) < 4.78 is 0. The van der Waals surface area contributed by atoms with Gasteiger partial charge in [-0.05, 0) is 18.1 Å². The number of amides is 2. The summed E-state index contributed by atoms with van der Waals surface area (Å²) in [6, 6.07) is 5.55. The Kier molecular flexibility index (Phi) is 7.00. The zero-order valence-electron chi connectivity index (χ0n) is 14.6. The number of hydrogen-bond donors (Lipinski definition) is 1. The van der Waals surface area contributed by atoms with Gasteiger partial charge in [-0.25, -0.2) is 4.98 Å². The van der Waals surface area contributed by atoms with Crippen LogP contribution in [0.25, 0.3) is 0 Å². The predicted molar refractivity (Wildman–Crippen MR) is 93.5 cm³/mol. The SMILES string of the molecule is CC(C)CN(CCC(=O)NCc1ccccn1)C(=O)c1cnccn1. The first-order valence-corrected chi connectivity index (χ1v) is 8.28. The average molecular weight is 341 g/mol. The van der Waals surface area contributed by atoms with Crippen molar-refractivity contribution < 1.29 is 9.59 Å². The molecule has 0 bridgehead atoms. The minimum Gasteiger partial charge on any atom is -0.350 e. The van der Waals surface area contributed by atoms with E-state index >= 15 is 0 Å². The highest BCUT2D eigenvalue weighted by molar-refractivity contribution is 5.92. The van der Waals surface area contributed by atoms with E-state index in [1.807, 2.05) is 32.0 Å². The maximum atomic E-state index is 12.6. The van der Waals surface area contributed by atoms with Crippen molar-refractivity contribution in [2.75, 3.05) is 13.1 Å². The lowest BCUT2D eigenvalue weighted by Crippen LogP contribution is -2.38. The molecular formula is C18H23N5O2. The molecule has 2 aromatic heterocycles. The number of hydrogen-bond acceptors (Lipinski definition) is 5. The topological polar surface area (TPSA) is 88.1 Å². The smallest absolute Gasteiger partial charge is 0.274 e. The normalized spacial score (nSPS) is 10.5.